The minimum atomic E-state index is -0.152. The van der Waals surface area contributed by atoms with Crippen LogP contribution in [0.3, 0.4) is 0 Å². The summed E-state index contributed by atoms with van der Waals surface area (Å²) in [7, 11) is 3.19. The summed E-state index contributed by atoms with van der Waals surface area (Å²) in [5.74, 6) is 1.20. The Hall–Kier alpha value is -3.12. The molecule has 0 fully saturated rings. The van der Waals surface area contributed by atoms with Gasteiger partial charge >= 0.3 is 0 Å². The molecule has 1 aromatic heterocycles. The fourth-order valence-corrected chi connectivity index (χ4v) is 3.58. The predicted octanol–water partition coefficient (Wildman–Crippen LogP) is 4.51. The van der Waals surface area contributed by atoms with Gasteiger partial charge in [0.05, 0.1) is 19.9 Å². The molecule has 0 atom stereocenters. The third kappa shape index (κ3) is 5.93. The number of thiazole rings is 1. The van der Waals surface area contributed by atoms with Crippen molar-refractivity contribution in [1.82, 2.24) is 10.3 Å². The topological polar surface area (TPSA) is 60.5 Å². The molecule has 0 radical (unpaired) electrons. The third-order valence-electron chi connectivity index (χ3n) is 4.33. The summed E-state index contributed by atoms with van der Waals surface area (Å²) in [4.78, 5) is 16.8. The molecule has 0 saturated heterocycles. The van der Waals surface area contributed by atoms with Crippen LogP contribution in [-0.4, -0.2) is 31.7 Å². The summed E-state index contributed by atoms with van der Waals surface area (Å²) < 4.78 is 10.5. The Labute approximate surface area is 175 Å². The number of nitrogens with one attached hydrogen (secondary N) is 1. The average molecular weight is 409 g/mol. The van der Waals surface area contributed by atoms with Gasteiger partial charge in [-0.25, -0.2) is 4.98 Å². The van der Waals surface area contributed by atoms with E-state index in [-0.39, 0.29) is 5.91 Å². The number of amides is 1. The molecule has 0 aliphatic heterocycles. The van der Waals surface area contributed by atoms with E-state index < -0.39 is 0 Å². The Balaban J connectivity index is 1.51. The highest BCUT2D eigenvalue weighted by Crippen LogP contribution is 2.24. The number of hydrogen-bond donors (Lipinski definition) is 1. The van der Waals surface area contributed by atoms with Crippen LogP contribution in [0.1, 0.15) is 16.8 Å². The van der Waals surface area contributed by atoms with Crippen LogP contribution in [0.2, 0.25) is 0 Å². The molecule has 2 aromatic carbocycles. The molecule has 0 aliphatic carbocycles. The fourth-order valence-electron chi connectivity index (χ4n) is 2.72. The molecule has 1 amide bonds. The van der Waals surface area contributed by atoms with Crippen molar-refractivity contribution in [2.75, 3.05) is 20.8 Å². The van der Waals surface area contributed by atoms with E-state index in [0.29, 0.717) is 24.5 Å². The molecule has 3 aromatic rings. The number of nitrogens with zero attached hydrogens (tertiary/aromatic N) is 1. The molecular weight excluding hydrogens is 384 g/mol. The highest BCUT2D eigenvalue weighted by Gasteiger charge is 2.05. The van der Waals surface area contributed by atoms with Gasteiger partial charge in [0.15, 0.2) is 0 Å². The molecule has 6 heteroatoms. The monoisotopic (exact) mass is 408 g/mol. The maximum atomic E-state index is 12.1. The minimum absolute atomic E-state index is 0.152. The third-order valence-corrected chi connectivity index (χ3v) is 5.27. The number of carbonyl (C=O) groups excluding carboxylic acids is 1. The van der Waals surface area contributed by atoms with Crippen LogP contribution in [0, 0.1) is 6.92 Å². The second-order valence-corrected chi connectivity index (χ2v) is 7.39. The minimum Gasteiger partial charge on any atom is -0.497 e. The first-order chi connectivity index (χ1) is 14.1. The first-order valence-corrected chi connectivity index (χ1v) is 10.2. The Morgan fingerprint density at radius 1 is 1.10 bits per heavy atom. The van der Waals surface area contributed by atoms with Crippen molar-refractivity contribution in [2.45, 2.75) is 13.3 Å². The lowest BCUT2D eigenvalue weighted by molar-refractivity contribution is -0.116. The molecule has 29 heavy (non-hydrogen) atoms. The molecule has 0 saturated carbocycles. The zero-order valence-electron chi connectivity index (χ0n) is 16.8. The Bertz CT molecular complexity index is 971. The van der Waals surface area contributed by atoms with Crippen molar-refractivity contribution in [3.05, 3.63) is 70.7 Å². The standard InChI is InChI=1S/C23H24N2O3S/c1-16-4-7-18(8-5-16)23-25-19(15-29-23)10-11-24-22(26)9-6-17-12-20(27-2)14-21(13-17)28-3/h4-9,12-15H,10-11H2,1-3H3,(H,24,26)/b9-6+. The van der Waals surface area contributed by atoms with Crippen molar-refractivity contribution < 1.29 is 14.3 Å². The number of methoxy groups -OCH3 is 2. The summed E-state index contributed by atoms with van der Waals surface area (Å²) in [5, 5.41) is 5.93. The Morgan fingerprint density at radius 3 is 2.45 bits per heavy atom. The highest BCUT2D eigenvalue weighted by molar-refractivity contribution is 7.13. The lowest BCUT2D eigenvalue weighted by atomic mass is 10.2. The van der Waals surface area contributed by atoms with E-state index in [1.54, 1.807) is 37.7 Å². The first-order valence-electron chi connectivity index (χ1n) is 9.28. The molecule has 0 bridgehead atoms. The fraction of sp³-hybridized carbons (Fsp3) is 0.217. The van der Waals surface area contributed by atoms with E-state index in [2.05, 4.69) is 41.5 Å². The maximum Gasteiger partial charge on any atom is 0.244 e. The van der Waals surface area contributed by atoms with Crippen molar-refractivity contribution in [2.24, 2.45) is 0 Å². The molecular formula is C23H24N2O3S. The largest absolute Gasteiger partial charge is 0.497 e. The van der Waals surface area contributed by atoms with E-state index in [4.69, 9.17) is 9.47 Å². The van der Waals surface area contributed by atoms with E-state index in [0.717, 1.165) is 21.8 Å². The van der Waals surface area contributed by atoms with Crippen LogP contribution in [0.4, 0.5) is 0 Å². The molecule has 5 nitrogen and oxygen atoms in total. The summed E-state index contributed by atoms with van der Waals surface area (Å²) in [5.41, 5.74) is 4.16. The van der Waals surface area contributed by atoms with Crippen LogP contribution < -0.4 is 14.8 Å². The Kier molecular flexibility index (Phi) is 7.03. The number of hydrogen-bond acceptors (Lipinski definition) is 5. The summed E-state index contributed by atoms with van der Waals surface area (Å²) in [6, 6.07) is 13.8. The van der Waals surface area contributed by atoms with Gasteiger partial charge in [-0.15, -0.1) is 11.3 Å². The van der Waals surface area contributed by atoms with Crippen molar-refractivity contribution >= 4 is 23.3 Å². The highest BCUT2D eigenvalue weighted by atomic mass is 32.1. The average Bonchev–Trinajstić information content (AvgIpc) is 3.21. The number of aryl methyl sites for hydroxylation is 1. The summed E-state index contributed by atoms with van der Waals surface area (Å²) in [6.45, 7) is 2.60. The zero-order valence-corrected chi connectivity index (χ0v) is 17.6. The van der Waals surface area contributed by atoms with Crippen LogP contribution in [0.25, 0.3) is 16.6 Å². The lowest BCUT2D eigenvalue weighted by Gasteiger charge is -2.05. The van der Waals surface area contributed by atoms with Crippen molar-refractivity contribution in [1.29, 1.82) is 0 Å². The molecule has 3 rings (SSSR count). The van der Waals surface area contributed by atoms with Gasteiger partial charge in [0.2, 0.25) is 5.91 Å². The van der Waals surface area contributed by atoms with Gasteiger partial charge in [-0.05, 0) is 30.7 Å². The number of carbonyl (C=O) groups is 1. The van der Waals surface area contributed by atoms with Crippen LogP contribution in [0.5, 0.6) is 11.5 Å². The zero-order chi connectivity index (χ0) is 20.6. The summed E-state index contributed by atoms with van der Waals surface area (Å²) in [6.07, 6.45) is 3.93. The molecule has 1 heterocycles. The quantitative estimate of drug-likeness (QED) is 0.557. The normalized spacial score (nSPS) is 10.9. The number of aromatic nitrogens is 1. The van der Waals surface area contributed by atoms with Crippen molar-refractivity contribution in [3.8, 4) is 22.1 Å². The molecule has 0 unspecified atom stereocenters. The van der Waals surface area contributed by atoms with Gasteiger partial charge in [-0.1, -0.05) is 29.8 Å². The first kappa shape index (κ1) is 20.6. The maximum absolute atomic E-state index is 12.1. The smallest absolute Gasteiger partial charge is 0.244 e. The molecule has 0 spiro atoms. The number of rotatable bonds is 8. The van der Waals surface area contributed by atoms with Crippen LogP contribution in [-0.2, 0) is 11.2 Å². The molecule has 150 valence electrons. The van der Waals surface area contributed by atoms with Crippen LogP contribution >= 0.6 is 11.3 Å². The van der Waals surface area contributed by atoms with E-state index >= 15 is 0 Å². The van der Waals surface area contributed by atoms with Crippen molar-refractivity contribution in [3.63, 3.8) is 0 Å². The van der Waals surface area contributed by atoms with E-state index in [9.17, 15) is 4.79 Å². The number of benzene rings is 2. The lowest BCUT2D eigenvalue weighted by Crippen LogP contribution is -2.23. The van der Waals surface area contributed by atoms with E-state index in [1.807, 2.05) is 17.5 Å². The predicted molar refractivity (Wildman–Crippen MR) is 118 cm³/mol. The summed E-state index contributed by atoms with van der Waals surface area (Å²) >= 11 is 1.62. The van der Waals surface area contributed by atoms with Gasteiger partial charge in [0, 0.05) is 36.1 Å². The van der Waals surface area contributed by atoms with Gasteiger partial charge in [-0.3, -0.25) is 4.79 Å². The van der Waals surface area contributed by atoms with Gasteiger partial charge in [-0.2, -0.15) is 0 Å². The Morgan fingerprint density at radius 2 is 1.79 bits per heavy atom. The number of ether oxygens (including phenoxy) is 2. The second-order valence-electron chi connectivity index (χ2n) is 6.53. The van der Waals surface area contributed by atoms with E-state index in [1.165, 1.54) is 11.6 Å². The second kappa shape index (κ2) is 9.89. The SMILES string of the molecule is COc1cc(/C=C/C(=O)NCCc2csc(-c3ccc(C)cc3)n2)cc(OC)c1. The van der Waals surface area contributed by atoms with Gasteiger partial charge in [0.25, 0.3) is 0 Å². The molecule has 0 aliphatic rings. The van der Waals surface area contributed by atoms with Gasteiger partial charge in [0.1, 0.15) is 16.5 Å². The molecule has 1 N–H and O–H groups in total. The van der Waals surface area contributed by atoms with Crippen LogP contribution in [0.15, 0.2) is 53.9 Å². The van der Waals surface area contributed by atoms with Gasteiger partial charge < -0.3 is 14.8 Å².